The molecule has 1 aliphatic heterocycles. The third-order valence-electron chi connectivity index (χ3n) is 5.70. The lowest BCUT2D eigenvalue weighted by atomic mass is 10.0. The van der Waals surface area contributed by atoms with Crippen LogP contribution >= 0.6 is 0 Å². The highest BCUT2D eigenvalue weighted by atomic mass is 16.5. The molecule has 160 valence electrons. The first-order chi connectivity index (χ1) is 14.7. The van der Waals surface area contributed by atoms with Crippen LogP contribution in [-0.2, 0) is 11.3 Å². The van der Waals surface area contributed by atoms with E-state index in [4.69, 9.17) is 20.4 Å². The van der Waals surface area contributed by atoms with E-state index in [1.807, 2.05) is 24.5 Å². The number of imidazole rings is 1. The molecule has 0 spiro atoms. The summed E-state index contributed by atoms with van der Waals surface area (Å²) in [5.41, 5.74) is 9.84. The summed E-state index contributed by atoms with van der Waals surface area (Å²) in [6, 6.07) is 8.18. The fraction of sp³-hybridized carbons (Fsp3) is 0.500. The molecule has 0 saturated carbocycles. The van der Waals surface area contributed by atoms with Crippen molar-refractivity contribution in [1.82, 2.24) is 24.8 Å². The monoisotopic (exact) mass is 410 g/mol. The normalized spacial score (nSPS) is 15.6. The molecule has 4 rings (SSSR count). The van der Waals surface area contributed by atoms with Gasteiger partial charge in [-0.3, -0.25) is 4.98 Å². The lowest BCUT2D eigenvalue weighted by Gasteiger charge is -2.26. The molecule has 0 aliphatic carbocycles. The Hall–Kier alpha value is -2.71. The fourth-order valence-electron chi connectivity index (χ4n) is 4.03. The number of nitrogens with two attached hydrogens (primary N) is 1. The summed E-state index contributed by atoms with van der Waals surface area (Å²) in [7, 11) is 0. The van der Waals surface area contributed by atoms with Gasteiger partial charge in [-0.25, -0.2) is 9.78 Å². The molecule has 0 bridgehead atoms. The summed E-state index contributed by atoms with van der Waals surface area (Å²) in [6.07, 6.45) is 3.59. The number of para-hydroxylation sites is 1. The second-order valence-electron chi connectivity index (χ2n) is 7.81. The Morgan fingerprint density at radius 3 is 2.90 bits per heavy atom. The predicted molar refractivity (Wildman–Crippen MR) is 118 cm³/mol. The topological polar surface area (TPSA) is 98.3 Å². The van der Waals surface area contributed by atoms with Crippen molar-refractivity contribution in [2.24, 2.45) is 5.73 Å². The quantitative estimate of drug-likeness (QED) is 0.583. The van der Waals surface area contributed by atoms with Gasteiger partial charge in [0.1, 0.15) is 5.52 Å². The molecule has 8 heteroatoms. The Bertz CT molecular complexity index is 1010. The van der Waals surface area contributed by atoms with Gasteiger partial charge in [0.25, 0.3) is 0 Å². The van der Waals surface area contributed by atoms with Crippen LogP contribution in [0.2, 0.25) is 0 Å². The number of hydrogen-bond donors (Lipinski definition) is 2. The number of hydrogen-bond acceptors (Lipinski definition) is 5. The van der Waals surface area contributed by atoms with Crippen LogP contribution in [0.3, 0.4) is 0 Å². The van der Waals surface area contributed by atoms with Crippen molar-refractivity contribution < 1.29 is 9.53 Å². The average molecular weight is 411 g/mol. The van der Waals surface area contributed by atoms with E-state index in [1.54, 1.807) is 4.90 Å². The number of carbonyl (C=O) groups excluding carboxylic acids is 1. The van der Waals surface area contributed by atoms with E-state index in [0.29, 0.717) is 39.4 Å². The number of nitrogens with zero attached hydrogens (tertiary/aromatic N) is 4. The number of pyridine rings is 1. The Morgan fingerprint density at radius 2 is 2.10 bits per heavy atom. The molecule has 1 aliphatic rings. The van der Waals surface area contributed by atoms with Crippen molar-refractivity contribution in [3.8, 4) is 0 Å². The maximum Gasteiger partial charge on any atom is 0.317 e. The summed E-state index contributed by atoms with van der Waals surface area (Å²) < 4.78 is 7.48. The second-order valence-corrected chi connectivity index (χ2v) is 7.81. The lowest BCUT2D eigenvalue weighted by molar-refractivity contribution is 0.0532. The van der Waals surface area contributed by atoms with Crippen molar-refractivity contribution in [1.29, 1.82) is 0 Å². The molecule has 8 nitrogen and oxygen atoms in total. The van der Waals surface area contributed by atoms with Gasteiger partial charge < -0.3 is 25.3 Å². The van der Waals surface area contributed by atoms with Crippen molar-refractivity contribution in [2.45, 2.75) is 32.2 Å². The molecule has 1 fully saturated rings. The number of benzene rings is 1. The molecular formula is C22H30N6O2. The SMILES string of the molecule is CC(CCN)c1nc2ccccc2c2c1ncn2CCCNC(=O)N1CCOCC1. The molecule has 2 amide bonds. The molecular weight excluding hydrogens is 380 g/mol. The third-order valence-corrected chi connectivity index (χ3v) is 5.70. The molecule has 1 aromatic carbocycles. The van der Waals surface area contributed by atoms with Crippen molar-refractivity contribution >= 4 is 28.0 Å². The minimum absolute atomic E-state index is 0.0127. The standard InChI is InChI=1S/C22H30N6O2/c1-16(7-8-23)19-20-21(17-5-2-3-6-18(17)26-19)28(15-25-20)10-4-9-24-22(29)27-11-13-30-14-12-27/h2-3,5-6,15-16H,4,7-14,23H2,1H3,(H,24,29). The summed E-state index contributed by atoms with van der Waals surface area (Å²) in [5, 5.41) is 4.12. The second kappa shape index (κ2) is 9.40. The van der Waals surface area contributed by atoms with Crippen LogP contribution in [0.1, 0.15) is 31.4 Å². The Labute approximate surface area is 176 Å². The lowest BCUT2D eigenvalue weighted by Crippen LogP contribution is -2.46. The Kier molecular flexibility index (Phi) is 6.44. The number of amides is 2. The van der Waals surface area contributed by atoms with Gasteiger partial charge in [0.15, 0.2) is 0 Å². The van der Waals surface area contributed by atoms with E-state index < -0.39 is 0 Å². The maximum atomic E-state index is 12.2. The van der Waals surface area contributed by atoms with Crippen LogP contribution < -0.4 is 11.1 Å². The zero-order valence-corrected chi connectivity index (χ0v) is 17.5. The van der Waals surface area contributed by atoms with Crippen LogP contribution in [-0.4, -0.2) is 64.9 Å². The highest BCUT2D eigenvalue weighted by Crippen LogP contribution is 2.30. The minimum Gasteiger partial charge on any atom is -0.378 e. The molecule has 1 unspecified atom stereocenters. The van der Waals surface area contributed by atoms with Gasteiger partial charge in [0.2, 0.25) is 0 Å². The Balaban J connectivity index is 1.51. The zero-order chi connectivity index (χ0) is 20.9. The first-order valence-electron chi connectivity index (χ1n) is 10.7. The van der Waals surface area contributed by atoms with Gasteiger partial charge in [0, 0.05) is 37.5 Å². The zero-order valence-electron chi connectivity index (χ0n) is 17.5. The average Bonchev–Trinajstić information content (AvgIpc) is 3.21. The number of aryl methyl sites for hydroxylation is 1. The summed E-state index contributed by atoms with van der Waals surface area (Å²) in [5.74, 6) is 0.248. The maximum absolute atomic E-state index is 12.2. The molecule has 1 atom stereocenters. The van der Waals surface area contributed by atoms with Crippen LogP contribution in [0.25, 0.3) is 21.9 Å². The van der Waals surface area contributed by atoms with E-state index in [0.717, 1.165) is 47.0 Å². The number of nitrogens with one attached hydrogen (secondary N) is 1. The highest BCUT2D eigenvalue weighted by molar-refractivity contribution is 6.03. The van der Waals surface area contributed by atoms with Gasteiger partial charge in [-0.1, -0.05) is 25.1 Å². The molecule has 3 heterocycles. The van der Waals surface area contributed by atoms with Gasteiger partial charge in [-0.15, -0.1) is 0 Å². The number of ether oxygens (including phenoxy) is 1. The van der Waals surface area contributed by atoms with E-state index in [2.05, 4.69) is 22.9 Å². The number of carbonyl (C=O) groups is 1. The number of fused-ring (bicyclic) bond motifs is 3. The predicted octanol–water partition coefficient (Wildman–Crippen LogP) is 2.47. The van der Waals surface area contributed by atoms with E-state index in [-0.39, 0.29) is 11.9 Å². The molecule has 30 heavy (non-hydrogen) atoms. The third kappa shape index (κ3) is 4.24. The molecule has 0 radical (unpaired) electrons. The molecule has 2 aromatic heterocycles. The smallest absolute Gasteiger partial charge is 0.317 e. The highest BCUT2D eigenvalue weighted by Gasteiger charge is 2.18. The van der Waals surface area contributed by atoms with Gasteiger partial charge in [-0.2, -0.15) is 0 Å². The van der Waals surface area contributed by atoms with Crippen molar-refractivity contribution in [2.75, 3.05) is 39.4 Å². The van der Waals surface area contributed by atoms with Crippen LogP contribution in [0.15, 0.2) is 30.6 Å². The fourth-order valence-corrected chi connectivity index (χ4v) is 4.03. The van der Waals surface area contributed by atoms with Crippen LogP contribution in [0.5, 0.6) is 0 Å². The Morgan fingerprint density at radius 1 is 1.30 bits per heavy atom. The summed E-state index contributed by atoms with van der Waals surface area (Å²) in [6.45, 7) is 6.71. The van der Waals surface area contributed by atoms with E-state index >= 15 is 0 Å². The molecule has 3 aromatic rings. The first-order valence-corrected chi connectivity index (χ1v) is 10.7. The van der Waals surface area contributed by atoms with Gasteiger partial charge in [0.05, 0.1) is 36.3 Å². The van der Waals surface area contributed by atoms with Crippen molar-refractivity contribution in [3.05, 3.63) is 36.3 Å². The van der Waals surface area contributed by atoms with E-state index in [9.17, 15) is 4.79 Å². The summed E-state index contributed by atoms with van der Waals surface area (Å²) >= 11 is 0. The number of morpholine rings is 1. The van der Waals surface area contributed by atoms with Crippen molar-refractivity contribution in [3.63, 3.8) is 0 Å². The van der Waals surface area contributed by atoms with Crippen LogP contribution in [0, 0.1) is 0 Å². The molecule has 1 saturated heterocycles. The minimum atomic E-state index is -0.0127. The largest absolute Gasteiger partial charge is 0.378 e. The van der Waals surface area contributed by atoms with Gasteiger partial charge in [-0.05, 0) is 25.5 Å². The summed E-state index contributed by atoms with van der Waals surface area (Å²) in [4.78, 5) is 23.7. The van der Waals surface area contributed by atoms with E-state index in [1.165, 1.54) is 0 Å². The number of urea groups is 1. The number of rotatable bonds is 7. The van der Waals surface area contributed by atoms with Gasteiger partial charge >= 0.3 is 6.03 Å². The number of aromatic nitrogens is 3. The van der Waals surface area contributed by atoms with Crippen LogP contribution in [0.4, 0.5) is 4.79 Å². The first kappa shape index (κ1) is 20.6. The molecule has 3 N–H and O–H groups in total.